The molecule has 1 aliphatic carbocycles. The van der Waals surface area contributed by atoms with Gasteiger partial charge >= 0.3 is 6.18 Å². The van der Waals surface area contributed by atoms with E-state index < -0.39 is 24.7 Å². The highest BCUT2D eigenvalue weighted by atomic mass is 19.4. The third kappa shape index (κ3) is 6.23. The van der Waals surface area contributed by atoms with E-state index in [4.69, 9.17) is 0 Å². The van der Waals surface area contributed by atoms with Gasteiger partial charge in [0.25, 0.3) is 5.91 Å². The zero-order valence-corrected chi connectivity index (χ0v) is 16.5. The number of ketones is 1. The summed E-state index contributed by atoms with van der Waals surface area (Å²) >= 11 is 0. The number of hydrogen-bond donors (Lipinski definition) is 1. The van der Waals surface area contributed by atoms with Gasteiger partial charge in [-0.25, -0.2) is 15.0 Å². The summed E-state index contributed by atoms with van der Waals surface area (Å²) in [6.45, 7) is 2.00. The van der Waals surface area contributed by atoms with Gasteiger partial charge in [-0.1, -0.05) is 6.07 Å². The molecule has 3 rings (SSSR count). The van der Waals surface area contributed by atoms with Crippen molar-refractivity contribution in [1.29, 1.82) is 0 Å². The summed E-state index contributed by atoms with van der Waals surface area (Å²) in [5.41, 5.74) is 1.30. The van der Waals surface area contributed by atoms with Crippen molar-refractivity contribution >= 4 is 11.7 Å². The van der Waals surface area contributed by atoms with Crippen LogP contribution in [-0.2, 0) is 11.2 Å². The Hall–Kier alpha value is -3.04. The Balaban J connectivity index is 1.62. The lowest BCUT2D eigenvalue weighted by Crippen LogP contribution is -2.28. The van der Waals surface area contributed by atoms with Gasteiger partial charge in [0.05, 0.1) is 12.5 Å². The van der Waals surface area contributed by atoms with Gasteiger partial charge in [0, 0.05) is 23.9 Å². The number of alkyl halides is 3. The minimum Gasteiger partial charge on any atom is -0.468 e. The van der Waals surface area contributed by atoms with Gasteiger partial charge in [0.15, 0.2) is 6.61 Å². The van der Waals surface area contributed by atoms with Gasteiger partial charge < -0.3 is 10.1 Å². The first kappa shape index (κ1) is 21.7. The second-order valence-electron chi connectivity index (χ2n) is 7.26. The third-order valence-corrected chi connectivity index (χ3v) is 4.49. The molecule has 1 N–H and O–H groups in total. The molecule has 0 saturated heterocycles. The van der Waals surface area contributed by atoms with Crippen molar-refractivity contribution in [3.63, 3.8) is 0 Å². The van der Waals surface area contributed by atoms with Gasteiger partial charge in [-0.2, -0.15) is 13.2 Å². The summed E-state index contributed by atoms with van der Waals surface area (Å²) in [6, 6.07) is 3.88. The molecule has 160 valence electrons. The lowest BCUT2D eigenvalue weighted by atomic mass is 10.1. The van der Waals surface area contributed by atoms with Crippen molar-refractivity contribution in [3.8, 4) is 5.88 Å². The molecule has 0 spiro atoms. The number of nitrogens with one attached hydrogen (secondary N) is 1. The lowest BCUT2D eigenvalue weighted by molar-refractivity contribution is -0.154. The summed E-state index contributed by atoms with van der Waals surface area (Å²) in [5, 5.41) is 2.76. The lowest BCUT2D eigenvalue weighted by Gasteiger charge is -2.15. The number of ether oxygens (including phenoxy) is 1. The van der Waals surface area contributed by atoms with E-state index in [1.807, 2.05) is 0 Å². The number of aromatic nitrogens is 3. The topological polar surface area (TPSA) is 94.1 Å². The van der Waals surface area contributed by atoms with E-state index in [2.05, 4.69) is 25.0 Å². The smallest absolute Gasteiger partial charge is 0.422 e. The molecule has 10 heteroatoms. The maximum absolute atomic E-state index is 12.6. The summed E-state index contributed by atoms with van der Waals surface area (Å²) in [6.07, 6.45) is -1.22. The average Bonchev–Trinajstić information content (AvgIpc) is 3.51. The first-order valence-corrected chi connectivity index (χ1v) is 9.44. The number of amides is 1. The Kier molecular flexibility index (Phi) is 6.33. The zero-order valence-electron chi connectivity index (χ0n) is 16.5. The maximum atomic E-state index is 12.6. The number of carbonyl (C=O) groups is 2. The normalized spacial score (nSPS) is 14.8. The number of aryl methyl sites for hydroxylation is 1. The van der Waals surface area contributed by atoms with Crippen molar-refractivity contribution in [1.82, 2.24) is 20.3 Å². The molecule has 0 radical (unpaired) electrons. The first-order chi connectivity index (χ1) is 14.1. The molecule has 0 aromatic carbocycles. The Morgan fingerprint density at radius 3 is 2.60 bits per heavy atom. The van der Waals surface area contributed by atoms with Crippen LogP contribution in [0.2, 0.25) is 0 Å². The van der Waals surface area contributed by atoms with Crippen LogP contribution in [0.3, 0.4) is 0 Å². The Morgan fingerprint density at radius 1 is 1.27 bits per heavy atom. The molecule has 2 aromatic rings. The van der Waals surface area contributed by atoms with Crippen LogP contribution in [0.1, 0.15) is 53.4 Å². The average molecular weight is 422 g/mol. The molecule has 30 heavy (non-hydrogen) atoms. The zero-order chi connectivity index (χ0) is 21.9. The Morgan fingerprint density at radius 2 is 2.00 bits per heavy atom. The number of halogens is 3. The van der Waals surface area contributed by atoms with E-state index in [1.54, 1.807) is 13.8 Å². The fraction of sp³-hybridized carbons (Fsp3) is 0.450. The van der Waals surface area contributed by atoms with E-state index in [0.717, 1.165) is 12.8 Å². The number of nitrogens with zero attached hydrogens (tertiary/aromatic N) is 3. The van der Waals surface area contributed by atoms with Gasteiger partial charge in [-0.3, -0.25) is 9.59 Å². The minimum absolute atomic E-state index is 0.0826. The van der Waals surface area contributed by atoms with Gasteiger partial charge in [-0.05, 0) is 38.3 Å². The summed E-state index contributed by atoms with van der Waals surface area (Å²) in [4.78, 5) is 36.9. The molecule has 0 bridgehead atoms. The third-order valence-electron chi connectivity index (χ3n) is 4.49. The number of hydrogen-bond acceptors (Lipinski definition) is 6. The van der Waals surface area contributed by atoms with Crippen LogP contribution in [0.4, 0.5) is 13.2 Å². The van der Waals surface area contributed by atoms with Crippen molar-refractivity contribution in [2.75, 3.05) is 6.61 Å². The molecule has 2 heterocycles. The van der Waals surface area contributed by atoms with Crippen molar-refractivity contribution in [2.45, 2.75) is 45.3 Å². The van der Waals surface area contributed by atoms with Gasteiger partial charge in [0.1, 0.15) is 17.3 Å². The Labute approximate surface area is 171 Å². The van der Waals surface area contributed by atoms with Crippen molar-refractivity contribution in [2.24, 2.45) is 5.92 Å². The molecule has 7 nitrogen and oxygen atoms in total. The van der Waals surface area contributed by atoms with Crippen LogP contribution in [0, 0.1) is 12.8 Å². The largest absolute Gasteiger partial charge is 0.468 e. The van der Waals surface area contributed by atoms with Crippen LogP contribution in [0.5, 0.6) is 5.88 Å². The van der Waals surface area contributed by atoms with Crippen LogP contribution >= 0.6 is 0 Å². The van der Waals surface area contributed by atoms with Crippen LogP contribution in [0.15, 0.2) is 24.4 Å². The van der Waals surface area contributed by atoms with Gasteiger partial charge in [0.2, 0.25) is 5.88 Å². The van der Waals surface area contributed by atoms with Crippen molar-refractivity contribution < 1.29 is 27.5 Å². The molecule has 1 unspecified atom stereocenters. The maximum Gasteiger partial charge on any atom is 0.422 e. The highest BCUT2D eigenvalue weighted by molar-refractivity contribution is 5.92. The summed E-state index contributed by atoms with van der Waals surface area (Å²) in [5.74, 6) is -0.129. The molecule has 1 atom stereocenters. The number of rotatable bonds is 8. The summed E-state index contributed by atoms with van der Waals surface area (Å²) in [7, 11) is 0. The minimum atomic E-state index is -4.45. The monoisotopic (exact) mass is 422 g/mol. The fourth-order valence-corrected chi connectivity index (χ4v) is 2.77. The van der Waals surface area contributed by atoms with E-state index in [9.17, 15) is 22.8 Å². The summed E-state index contributed by atoms with van der Waals surface area (Å²) < 4.78 is 41.1. The van der Waals surface area contributed by atoms with E-state index >= 15 is 0 Å². The SMILES string of the molecule is Cc1cc(C(=O)NC(C)c2ccc(OCC(F)(F)F)nc2)nc(CC(=O)C2CC2)n1. The standard InChI is InChI=1S/C20H21F3N4O3/c1-11-7-15(27-17(25-11)8-16(28)13-3-4-13)19(29)26-12(2)14-5-6-18(24-9-14)30-10-20(21,22)23/h5-7,9,12-13H,3-4,8,10H2,1-2H3,(H,26,29). The fourth-order valence-electron chi connectivity index (χ4n) is 2.77. The van der Waals surface area contributed by atoms with E-state index in [-0.39, 0.29) is 29.7 Å². The van der Waals surface area contributed by atoms with E-state index in [0.29, 0.717) is 17.1 Å². The second-order valence-corrected chi connectivity index (χ2v) is 7.26. The predicted molar refractivity (Wildman–Crippen MR) is 99.9 cm³/mol. The van der Waals surface area contributed by atoms with Crippen LogP contribution in [-0.4, -0.2) is 39.4 Å². The van der Waals surface area contributed by atoms with Crippen molar-refractivity contribution in [3.05, 3.63) is 47.2 Å². The van der Waals surface area contributed by atoms with Crippen LogP contribution < -0.4 is 10.1 Å². The quantitative estimate of drug-likeness (QED) is 0.703. The first-order valence-electron chi connectivity index (χ1n) is 9.44. The molecular formula is C20H21F3N4O3. The molecular weight excluding hydrogens is 401 g/mol. The molecule has 2 aromatic heterocycles. The number of carbonyl (C=O) groups excluding carboxylic acids is 2. The van der Waals surface area contributed by atoms with Gasteiger partial charge in [-0.15, -0.1) is 0 Å². The van der Waals surface area contributed by atoms with Crippen LogP contribution in [0.25, 0.3) is 0 Å². The highest BCUT2D eigenvalue weighted by Gasteiger charge is 2.30. The number of pyridine rings is 1. The molecule has 1 saturated carbocycles. The predicted octanol–water partition coefficient (Wildman–Crippen LogP) is 3.13. The molecule has 1 amide bonds. The Bertz CT molecular complexity index is 928. The number of Topliss-reactive ketones (excluding diaryl/α,β-unsaturated/α-hetero) is 1. The molecule has 0 aliphatic heterocycles. The molecule has 1 fully saturated rings. The van der Waals surface area contributed by atoms with E-state index in [1.165, 1.54) is 24.4 Å². The highest BCUT2D eigenvalue weighted by Crippen LogP contribution is 2.30. The molecule has 1 aliphatic rings. The second kappa shape index (κ2) is 8.76.